The lowest BCUT2D eigenvalue weighted by atomic mass is 10.1. The molecule has 0 aliphatic heterocycles. The molecule has 0 spiro atoms. The highest BCUT2D eigenvalue weighted by Gasteiger charge is 2.33. The van der Waals surface area contributed by atoms with Gasteiger partial charge in [0.05, 0.1) is 5.69 Å². The van der Waals surface area contributed by atoms with Crippen LogP contribution in [-0.4, -0.2) is 19.6 Å². The molecule has 1 N–H and O–H groups in total. The number of rotatable bonds is 6. The molecule has 1 saturated carbocycles. The number of hydrogen-bond acceptors (Lipinski definition) is 2. The van der Waals surface area contributed by atoms with Crippen LogP contribution in [0.1, 0.15) is 32.8 Å². The summed E-state index contributed by atoms with van der Waals surface area (Å²) in [6.07, 6.45) is 1.28. The first-order chi connectivity index (χ1) is 8.99. The zero-order valence-corrected chi connectivity index (χ0v) is 12.4. The zero-order valence-electron chi connectivity index (χ0n) is 12.4. The first-order valence-electron chi connectivity index (χ1n) is 7.21. The third-order valence-electron chi connectivity index (χ3n) is 3.94. The van der Waals surface area contributed by atoms with Gasteiger partial charge in [-0.25, -0.2) is 4.39 Å². The van der Waals surface area contributed by atoms with Gasteiger partial charge in [0.2, 0.25) is 0 Å². The van der Waals surface area contributed by atoms with Gasteiger partial charge < -0.3 is 10.2 Å². The summed E-state index contributed by atoms with van der Waals surface area (Å²) in [7, 11) is 2.00. The maximum atomic E-state index is 14.1. The summed E-state index contributed by atoms with van der Waals surface area (Å²) < 4.78 is 14.1. The van der Waals surface area contributed by atoms with Gasteiger partial charge in [0.1, 0.15) is 5.82 Å². The third-order valence-corrected chi connectivity index (χ3v) is 3.94. The molecule has 2 nitrogen and oxygen atoms in total. The number of hydrogen-bond donors (Lipinski definition) is 1. The highest BCUT2D eigenvalue weighted by atomic mass is 19.1. The smallest absolute Gasteiger partial charge is 0.146 e. The maximum absolute atomic E-state index is 14.1. The molecule has 0 radical (unpaired) electrons. The lowest BCUT2D eigenvalue weighted by molar-refractivity contribution is 0.577. The standard InChI is InChI=1S/C16H25FN2/c1-11(2)18-9-13-6-5-7-15(17)16(13)19(4)10-14-8-12(14)3/h5-7,11-12,14,18H,8-10H2,1-4H3. The largest absolute Gasteiger partial charge is 0.372 e. The molecule has 3 heteroatoms. The molecule has 19 heavy (non-hydrogen) atoms. The van der Waals surface area contributed by atoms with Crippen LogP contribution in [0.3, 0.4) is 0 Å². The zero-order chi connectivity index (χ0) is 14.0. The topological polar surface area (TPSA) is 15.3 Å². The van der Waals surface area contributed by atoms with Crippen LogP contribution < -0.4 is 10.2 Å². The van der Waals surface area contributed by atoms with Crippen molar-refractivity contribution in [3.05, 3.63) is 29.6 Å². The number of benzene rings is 1. The van der Waals surface area contributed by atoms with E-state index in [9.17, 15) is 4.39 Å². The Balaban J connectivity index is 2.11. The van der Waals surface area contributed by atoms with Crippen molar-refractivity contribution in [1.82, 2.24) is 5.32 Å². The van der Waals surface area contributed by atoms with Crippen molar-refractivity contribution in [3.8, 4) is 0 Å². The van der Waals surface area contributed by atoms with Crippen molar-refractivity contribution < 1.29 is 4.39 Å². The quantitative estimate of drug-likeness (QED) is 0.847. The van der Waals surface area contributed by atoms with Crippen LogP contribution in [0.25, 0.3) is 0 Å². The first-order valence-corrected chi connectivity index (χ1v) is 7.21. The Labute approximate surface area is 116 Å². The van der Waals surface area contributed by atoms with Crippen LogP contribution in [0, 0.1) is 17.7 Å². The molecule has 1 aromatic carbocycles. The van der Waals surface area contributed by atoms with E-state index >= 15 is 0 Å². The van der Waals surface area contributed by atoms with Gasteiger partial charge in [0.25, 0.3) is 0 Å². The molecule has 2 rings (SSSR count). The van der Waals surface area contributed by atoms with E-state index in [0.29, 0.717) is 6.04 Å². The lowest BCUT2D eigenvalue weighted by Gasteiger charge is -2.24. The Kier molecular flexibility index (Phi) is 4.46. The molecule has 1 aliphatic rings. The fraction of sp³-hybridized carbons (Fsp3) is 0.625. The normalized spacial score (nSPS) is 21.8. The number of para-hydroxylation sites is 1. The second kappa shape index (κ2) is 5.91. The molecule has 0 aromatic heterocycles. The van der Waals surface area contributed by atoms with E-state index in [-0.39, 0.29) is 5.82 Å². The van der Waals surface area contributed by atoms with Crippen LogP contribution in [0.5, 0.6) is 0 Å². The van der Waals surface area contributed by atoms with Crippen LogP contribution in [0.15, 0.2) is 18.2 Å². The fourth-order valence-electron chi connectivity index (χ4n) is 2.54. The molecule has 1 aromatic rings. The van der Waals surface area contributed by atoms with E-state index < -0.39 is 0 Å². The summed E-state index contributed by atoms with van der Waals surface area (Å²) in [6.45, 7) is 8.15. The molecule has 1 aliphatic carbocycles. The summed E-state index contributed by atoms with van der Waals surface area (Å²) in [5.74, 6) is 1.42. The van der Waals surface area contributed by atoms with Gasteiger partial charge in [-0.2, -0.15) is 0 Å². The summed E-state index contributed by atoms with van der Waals surface area (Å²) in [5, 5.41) is 3.37. The van der Waals surface area contributed by atoms with E-state index in [1.54, 1.807) is 12.1 Å². The Morgan fingerprint density at radius 3 is 2.68 bits per heavy atom. The minimum Gasteiger partial charge on any atom is -0.372 e. The van der Waals surface area contributed by atoms with Crippen LogP contribution >= 0.6 is 0 Å². The highest BCUT2D eigenvalue weighted by molar-refractivity contribution is 5.54. The molecule has 106 valence electrons. The van der Waals surface area contributed by atoms with Crippen molar-refractivity contribution in [2.45, 2.75) is 39.8 Å². The fourth-order valence-corrected chi connectivity index (χ4v) is 2.54. The molecular weight excluding hydrogens is 239 g/mol. The van der Waals surface area contributed by atoms with Crippen LogP contribution in [-0.2, 0) is 6.54 Å². The number of nitrogens with zero attached hydrogens (tertiary/aromatic N) is 1. The number of nitrogens with one attached hydrogen (secondary N) is 1. The minimum absolute atomic E-state index is 0.112. The predicted octanol–water partition coefficient (Wildman–Crippen LogP) is 3.42. The van der Waals surface area contributed by atoms with Gasteiger partial charge >= 0.3 is 0 Å². The van der Waals surface area contributed by atoms with E-state index in [1.807, 2.05) is 13.1 Å². The van der Waals surface area contributed by atoms with E-state index in [0.717, 1.165) is 36.2 Å². The second-order valence-electron chi connectivity index (χ2n) is 6.14. The Bertz CT molecular complexity index is 431. The van der Waals surface area contributed by atoms with Crippen LogP contribution in [0.2, 0.25) is 0 Å². The van der Waals surface area contributed by atoms with Crippen molar-refractivity contribution in [3.63, 3.8) is 0 Å². The van der Waals surface area contributed by atoms with Gasteiger partial charge in [0.15, 0.2) is 0 Å². The maximum Gasteiger partial charge on any atom is 0.146 e. The number of halogens is 1. The highest BCUT2D eigenvalue weighted by Crippen LogP contribution is 2.39. The molecule has 0 bridgehead atoms. The van der Waals surface area contributed by atoms with Crippen LogP contribution in [0.4, 0.5) is 10.1 Å². The van der Waals surface area contributed by atoms with Crippen molar-refractivity contribution in [2.24, 2.45) is 11.8 Å². The molecule has 2 unspecified atom stereocenters. The average molecular weight is 264 g/mol. The van der Waals surface area contributed by atoms with Crippen molar-refractivity contribution in [1.29, 1.82) is 0 Å². The Morgan fingerprint density at radius 1 is 1.42 bits per heavy atom. The molecule has 0 heterocycles. The average Bonchev–Trinajstić information content (AvgIpc) is 3.01. The summed E-state index contributed by atoms with van der Waals surface area (Å²) in [6, 6.07) is 5.77. The second-order valence-corrected chi connectivity index (χ2v) is 6.14. The SMILES string of the molecule is CC(C)NCc1cccc(F)c1N(C)CC1CC1C. The van der Waals surface area contributed by atoms with Gasteiger partial charge in [-0.1, -0.05) is 32.9 Å². The third kappa shape index (κ3) is 3.69. The summed E-state index contributed by atoms with van der Waals surface area (Å²) >= 11 is 0. The van der Waals surface area contributed by atoms with Gasteiger partial charge in [0, 0.05) is 26.2 Å². The molecule has 0 amide bonds. The summed E-state index contributed by atoms with van der Waals surface area (Å²) in [4.78, 5) is 2.08. The van der Waals surface area contributed by atoms with E-state index in [4.69, 9.17) is 0 Å². The van der Waals surface area contributed by atoms with E-state index in [2.05, 4.69) is 31.0 Å². The predicted molar refractivity (Wildman–Crippen MR) is 78.9 cm³/mol. The first kappa shape index (κ1) is 14.3. The summed E-state index contributed by atoms with van der Waals surface area (Å²) in [5.41, 5.74) is 1.80. The Morgan fingerprint density at radius 2 is 2.11 bits per heavy atom. The van der Waals surface area contributed by atoms with Crippen molar-refractivity contribution in [2.75, 3.05) is 18.5 Å². The minimum atomic E-state index is -0.112. The number of anilines is 1. The molecular formula is C16H25FN2. The van der Waals surface area contributed by atoms with Gasteiger partial charge in [-0.3, -0.25) is 0 Å². The van der Waals surface area contributed by atoms with Crippen molar-refractivity contribution >= 4 is 5.69 Å². The van der Waals surface area contributed by atoms with Gasteiger partial charge in [-0.15, -0.1) is 0 Å². The Hall–Kier alpha value is -1.09. The molecule has 2 atom stereocenters. The lowest BCUT2D eigenvalue weighted by Crippen LogP contribution is -2.26. The molecule has 1 fully saturated rings. The van der Waals surface area contributed by atoms with E-state index in [1.165, 1.54) is 6.42 Å². The monoisotopic (exact) mass is 264 g/mol. The molecule has 0 saturated heterocycles. The van der Waals surface area contributed by atoms with Gasteiger partial charge in [-0.05, 0) is 29.9 Å².